The molecule has 2 nitrogen and oxygen atoms in total. The Labute approximate surface area is 130 Å². The third-order valence-corrected chi connectivity index (χ3v) is 4.71. The predicted molar refractivity (Wildman–Crippen MR) is 91.6 cm³/mol. The number of benzene rings is 1. The van der Waals surface area contributed by atoms with Gasteiger partial charge in [-0.1, -0.05) is 38.1 Å². The lowest BCUT2D eigenvalue weighted by Crippen LogP contribution is -2.48. The summed E-state index contributed by atoms with van der Waals surface area (Å²) in [5.41, 5.74) is 3.61. The summed E-state index contributed by atoms with van der Waals surface area (Å²) in [4.78, 5) is 2.64. The highest BCUT2D eigenvalue weighted by Gasteiger charge is 2.28. The van der Waals surface area contributed by atoms with Gasteiger partial charge in [0.2, 0.25) is 0 Å². The minimum Gasteiger partial charge on any atom is -0.311 e. The van der Waals surface area contributed by atoms with Crippen LogP contribution in [0, 0.1) is 5.41 Å². The second-order valence-corrected chi connectivity index (χ2v) is 8.00. The van der Waals surface area contributed by atoms with Crippen LogP contribution in [0.5, 0.6) is 0 Å². The molecule has 1 aliphatic rings. The van der Waals surface area contributed by atoms with E-state index in [1.807, 2.05) is 0 Å². The van der Waals surface area contributed by atoms with Crippen molar-refractivity contribution in [3.05, 3.63) is 35.4 Å². The standard InChI is InChI=1S/C19H32N2/c1-6-19(5,14-20-18(2,3)4)15-21-12-11-16-9-7-8-10-17(16)13-21/h7-10,20H,6,11-15H2,1-5H3. The minimum absolute atomic E-state index is 0.199. The summed E-state index contributed by atoms with van der Waals surface area (Å²) < 4.78 is 0. The Bertz CT molecular complexity index is 461. The van der Waals surface area contributed by atoms with Gasteiger partial charge in [-0.25, -0.2) is 0 Å². The Morgan fingerprint density at radius 1 is 1.10 bits per heavy atom. The van der Waals surface area contributed by atoms with Crippen LogP contribution >= 0.6 is 0 Å². The maximum absolute atomic E-state index is 3.70. The third kappa shape index (κ3) is 4.82. The van der Waals surface area contributed by atoms with Crippen molar-refractivity contribution in [1.82, 2.24) is 10.2 Å². The molecule has 0 radical (unpaired) electrons. The molecule has 2 heteroatoms. The van der Waals surface area contributed by atoms with E-state index in [1.165, 1.54) is 31.5 Å². The van der Waals surface area contributed by atoms with Gasteiger partial charge in [0.05, 0.1) is 0 Å². The lowest BCUT2D eigenvalue weighted by molar-refractivity contribution is 0.136. The highest BCUT2D eigenvalue weighted by Crippen LogP contribution is 2.26. The first-order valence-corrected chi connectivity index (χ1v) is 8.35. The van der Waals surface area contributed by atoms with Crippen molar-refractivity contribution < 1.29 is 0 Å². The highest BCUT2D eigenvalue weighted by atomic mass is 15.1. The van der Waals surface area contributed by atoms with Crippen molar-refractivity contribution in [3.63, 3.8) is 0 Å². The molecule has 0 fully saturated rings. The largest absolute Gasteiger partial charge is 0.311 e. The van der Waals surface area contributed by atoms with E-state index < -0.39 is 0 Å². The van der Waals surface area contributed by atoms with Crippen LogP contribution in [-0.4, -0.2) is 30.1 Å². The number of rotatable bonds is 5. The molecule has 2 rings (SSSR count). The van der Waals surface area contributed by atoms with E-state index in [0.717, 1.165) is 13.1 Å². The van der Waals surface area contributed by atoms with Crippen LogP contribution in [0.4, 0.5) is 0 Å². The molecule has 21 heavy (non-hydrogen) atoms. The van der Waals surface area contributed by atoms with E-state index in [4.69, 9.17) is 0 Å². The summed E-state index contributed by atoms with van der Waals surface area (Å²) in [5.74, 6) is 0. The van der Waals surface area contributed by atoms with Gasteiger partial charge in [-0.05, 0) is 50.2 Å². The molecule has 1 aromatic rings. The Kier molecular flexibility index (Phi) is 5.11. The molecule has 1 aromatic carbocycles. The maximum Gasteiger partial charge on any atom is 0.0236 e. The zero-order valence-electron chi connectivity index (χ0n) is 14.5. The van der Waals surface area contributed by atoms with Crippen molar-refractivity contribution in [1.29, 1.82) is 0 Å². The molecular weight excluding hydrogens is 256 g/mol. The number of fused-ring (bicyclic) bond motifs is 1. The molecule has 0 bridgehead atoms. The summed E-state index contributed by atoms with van der Waals surface area (Å²) in [6.45, 7) is 16.1. The molecule has 0 saturated carbocycles. The third-order valence-electron chi connectivity index (χ3n) is 4.71. The first-order chi connectivity index (χ1) is 9.81. The van der Waals surface area contributed by atoms with Crippen molar-refractivity contribution in [2.24, 2.45) is 5.41 Å². The topological polar surface area (TPSA) is 15.3 Å². The fourth-order valence-corrected chi connectivity index (χ4v) is 3.00. The van der Waals surface area contributed by atoms with Crippen LogP contribution in [0.2, 0.25) is 0 Å². The Hall–Kier alpha value is -0.860. The van der Waals surface area contributed by atoms with Gasteiger partial charge >= 0.3 is 0 Å². The molecule has 0 saturated heterocycles. The zero-order valence-corrected chi connectivity index (χ0v) is 14.5. The second kappa shape index (κ2) is 6.50. The summed E-state index contributed by atoms with van der Waals surface area (Å²) in [6.07, 6.45) is 2.41. The summed E-state index contributed by atoms with van der Waals surface area (Å²) in [7, 11) is 0. The summed E-state index contributed by atoms with van der Waals surface area (Å²) in [6, 6.07) is 8.91. The van der Waals surface area contributed by atoms with E-state index in [-0.39, 0.29) is 5.54 Å². The fraction of sp³-hybridized carbons (Fsp3) is 0.684. The normalized spacial score (nSPS) is 19.1. The van der Waals surface area contributed by atoms with E-state index in [0.29, 0.717) is 5.41 Å². The van der Waals surface area contributed by atoms with Crippen LogP contribution in [0.3, 0.4) is 0 Å². The SMILES string of the molecule is CCC(C)(CNC(C)(C)C)CN1CCc2ccccc2C1. The number of hydrogen-bond donors (Lipinski definition) is 1. The van der Waals surface area contributed by atoms with Gasteiger partial charge in [-0.3, -0.25) is 4.90 Å². The van der Waals surface area contributed by atoms with Crippen molar-refractivity contribution >= 4 is 0 Å². The van der Waals surface area contributed by atoms with E-state index in [9.17, 15) is 0 Å². The van der Waals surface area contributed by atoms with Gasteiger partial charge in [0.1, 0.15) is 0 Å². The minimum atomic E-state index is 0.199. The highest BCUT2D eigenvalue weighted by molar-refractivity contribution is 5.29. The Morgan fingerprint density at radius 3 is 2.38 bits per heavy atom. The van der Waals surface area contributed by atoms with E-state index >= 15 is 0 Å². The average Bonchev–Trinajstić information content (AvgIpc) is 2.44. The Balaban J connectivity index is 1.96. The molecule has 0 aromatic heterocycles. The van der Waals surface area contributed by atoms with Crippen LogP contribution in [0.25, 0.3) is 0 Å². The lowest BCUT2D eigenvalue weighted by atomic mass is 9.85. The second-order valence-electron chi connectivity index (χ2n) is 8.00. The van der Waals surface area contributed by atoms with E-state index in [1.54, 1.807) is 5.56 Å². The molecule has 1 heterocycles. The zero-order chi connectivity index (χ0) is 15.5. The van der Waals surface area contributed by atoms with Gasteiger partial charge in [0.15, 0.2) is 0 Å². The first-order valence-electron chi connectivity index (χ1n) is 8.35. The van der Waals surface area contributed by atoms with Gasteiger partial charge in [0.25, 0.3) is 0 Å². The molecular formula is C19H32N2. The number of nitrogens with zero attached hydrogens (tertiary/aromatic N) is 1. The molecule has 1 unspecified atom stereocenters. The van der Waals surface area contributed by atoms with Gasteiger partial charge < -0.3 is 5.32 Å². The maximum atomic E-state index is 3.70. The molecule has 1 aliphatic heterocycles. The van der Waals surface area contributed by atoms with Crippen LogP contribution in [0.15, 0.2) is 24.3 Å². The average molecular weight is 288 g/mol. The van der Waals surface area contributed by atoms with Crippen LogP contribution < -0.4 is 5.32 Å². The fourth-order valence-electron chi connectivity index (χ4n) is 3.00. The van der Waals surface area contributed by atoms with Crippen molar-refractivity contribution in [3.8, 4) is 0 Å². The van der Waals surface area contributed by atoms with Gasteiger partial charge in [0, 0.05) is 31.7 Å². The summed E-state index contributed by atoms with van der Waals surface area (Å²) >= 11 is 0. The van der Waals surface area contributed by atoms with Crippen molar-refractivity contribution in [2.75, 3.05) is 19.6 Å². The molecule has 0 amide bonds. The summed E-state index contributed by atoms with van der Waals surface area (Å²) in [5, 5.41) is 3.70. The molecule has 0 aliphatic carbocycles. The first kappa shape index (κ1) is 16.5. The lowest BCUT2D eigenvalue weighted by Gasteiger charge is -2.39. The van der Waals surface area contributed by atoms with Crippen LogP contribution in [-0.2, 0) is 13.0 Å². The molecule has 0 spiro atoms. The Morgan fingerprint density at radius 2 is 1.76 bits per heavy atom. The van der Waals surface area contributed by atoms with Crippen LogP contribution in [0.1, 0.15) is 52.2 Å². The van der Waals surface area contributed by atoms with E-state index in [2.05, 4.69) is 69.1 Å². The van der Waals surface area contributed by atoms with Gasteiger partial charge in [-0.2, -0.15) is 0 Å². The quantitative estimate of drug-likeness (QED) is 0.885. The smallest absolute Gasteiger partial charge is 0.0236 e. The number of hydrogen-bond acceptors (Lipinski definition) is 2. The van der Waals surface area contributed by atoms with Crippen molar-refractivity contribution in [2.45, 2.75) is 59.5 Å². The molecule has 118 valence electrons. The monoisotopic (exact) mass is 288 g/mol. The number of nitrogens with one attached hydrogen (secondary N) is 1. The van der Waals surface area contributed by atoms with Gasteiger partial charge in [-0.15, -0.1) is 0 Å². The predicted octanol–water partition coefficient (Wildman–Crippen LogP) is 3.85. The molecule has 1 N–H and O–H groups in total. The molecule has 1 atom stereocenters.